The van der Waals surface area contributed by atoms with Crippen LogP contribution in [0.25, 0.3) is 5.57 Å². The van der Waals surface area contributed by atoms with Crippen LogP contribution in [0.2, 0.25) is 0 Å². The van der Waals surface area contributed by atoms with Crippen molar-refractivity contribution in [1.82, 2.24) is 0 Å². The summed E-state index contributed by atoms with van der Waals surface area (Å²) in [5.74, 6) is 0.860. The molecule has 0 saturated heterocycles. The van der Waals surface area contributed by atoms with Gasteiger partial charge < -0.3 is 0 Å². The van der Waals surface area contributed by atoms with Crippen LogP contribution in [0.1, 0.15) is 131 Å². The Balaban J connectivity index is 2.16. The van der Waals surface area contributed by atoms with Crippen molar-refractivity contribution in [2.24, 2.45) is 27.6 Å². The molecule has 0 heterocycles. The molecular formula is C39H56. The largest absolute Gasteiger partial charge is 0.0955 e. The van der Waals surface area contributed by atoms with Crippen LogP contribution >= 0.6 is 0 Å². The van der Waals surface area contributed by atoms with Crippen LogP contribution in [0, 0.1) is 34.5 Å². The van der Waals surface area contributed by atoms with Gasteiger partial charge in [0.05, 0.1) is 0 Å². The molecule has 1 aromatic carbocycles. The smallest absolute Gasteiger partial charge is 0.0196 e. The minimum Gasteiger partial charge on any atom is -0.0955 e. The van der Waals surface area contributed by atoms with Crippen molar-refractivity contribution in [2.75, 3.05) is 0 Å². The maximum atomic E-state index is 4.95. The fourth-order valence-electron chi connectivity index (χ4n) is 9.71. The summed E-state index contributed by atoms with van der Waals surface area (Å²) in [5, 5.41) is 0. The lowest BCUT2D eigenvalue weighted by Gasteiger charge is -2.67. The molecule has 3 aliphatic carbocycles. The summed E-state index contributed by atoms with van der Waals surface area (Å²) in [6.45, 7) is 47.9. The highest BCUT2D eigenvalue weighted by atomic mass is 14.7. The van der Waals surface area contributed by atoms with Crippen LogP contribution in [-0.2, 0) is 5.41 Å². The number of allylic oxidation sites excluding steroid dienone is 7. The lowest BCUT2D eigenvalue weighted by atomic mass is 9.36. The number of hydrogen-bond acceptors (Lipinski definition) is 0. The average molecular weight is 525 g/mol. The van der Waals surface area contributed by atoms with E-state index in [9.17, 15) is 0 Å². The van der Waals surface area contributed by atoms with Gasteiger partial charge in [0.2, 0.25) is 0 Å². The third-order valence-corrected chi connectivity index (χ3v) is 11.9. The Hall–Kier alpha value is -2.08. The molecule has 0 radical (unpaired) electrons. The highest BCUT2D eigenvalue weighted by Crippen LogP contribution is 2.75. The van der Waals surface area contributed by atoms with Crippen molar-refractivity contribution < 1.29 is 0 Å². The van der Waals surface area contributed by atoms with Crippen molar-refractivity contribution in [3.63, 3.8) is 0 Å². The summed E-state index contributed by atoms with van der Waals surface area (Å²) in [6, 6.07) is 4.91. The topological polar surface area (TPSA) is 0 Å². The molecule has 1 unspecified atom stereocenters. The third kappa shape index (κ3) is 3.83. The highest BCUT2D eigenvalue weighted by molar-refractivity contribution is 5.88. The highest BCUT2D eigenvalue weighted by Gasteiger charge is 2.65. The first-order valence-electron chi connectivity index (χ1n) is 15.2. The summed E-state index contributed by atoms with van der Waals surface area (Å²) in [6.07, 6.45) is 2.23. The fraction of sp³-hybridized carbons (Fsp3) is 0.590. The van der Waals surface area contributed by atoms with E-state index in [1.807, 2.05) is 0 Å². The Labute approximate surface area is 241 Å². The molecule has 1 aromatic rings. The molecule has 0 fully saturated rings. The van der Waals surface area contributed by atoms with Gasteiger partial charge in [0.1, 0.15) is 0 Å². The van der Waals surface area contributed by atoms with E-state index in [-0.39, 0.29) is 27.1 Å². The predicted octanol–water partition coefficient (Wildman–Crippen LogP) is 11.7. The second-order valence-corrected chi connectivity index (χ2v) is 16.4. The van der Waals surface area contributed by atoms with Crippen molar-refractivity contribution in [2.45, 2.75) is 121 Å². The molecule has 0 aliphatic heterocycles. The molecule has 0 saturated carbocycles. The van der Waals surface area contributed by atoms with E-state index in [4.69, 9.17) is 13.2 Å². The van der Waals surface area contributed by atoms with E-state index in [2.05, 4.69) is 116 Å². The van der Waals surface area contributed by atoms with Crippen LogP contribution in [-0.4, -0.2) is 0 Å². The molecule has 212 valence electrons. The first-order valence-corrected chi connectivity index (χ1v) is 15.2. The van der Waals surface area contributed by atoms with Gasteiger partial charge in [-0.2, -0.15) is 0 Å². The number of hydrogen-bond donors (Lipinski definition) is 0. The molecule has 3 aliphatic rings. The molecule has 5 atom stereocenters. The van der Waals surface area contributed by atoms with Crippen molar-refractivity contribution >= 4 is 5.57 Å². The van der Waals surface area contributed by atoms with Crippen LogP contribution < -0.4 is 0 Å². The summed E-state index contributed by atoms with van der Waals surface area (Å²) < 4.78 is 0. The Morgan fingerprint density at radius 2 is 1.54 bits per heavy atom. The second-order valence-electron chi connectivity index (χ2n) is 16.4. The average Bonchev–Trinajstić information content (AvgIpc) is 2.76. The lowest BCUT2D eigenvalue weighted by Crippen LogP contribution is -2.59. The molecule has 0 nitrogen and oxygen atoms in total. The minimum absolute atomic E-state index is 0.0211. The van der Waals surface area contributed by atoms with E-state index in [0.717, 1.165) is 18.4 Å². The molecule has 0 heteroatoms. The number of benzene rings is 1. The van der Waals surface area contributed by atoms with Crippen LogP contribution in [0.4, 0.5) is 0 Å². The molecule has 0 N–H and O–H groups in total. The van der Waals surface area contributed by atoms with Crippen LogP contribution in [0.15, 0.2) is 65.3 Å². The standard InChI is InChI=1S/C39H56/c1-22(2)32-23(3)20-37(15)28(8)38(16)31(21-35(9,10)11)29-18-19-30(36(12,13)14)24(4)33(29)25(5)34(38)27(7)39(37,17)26(32)6/h18-19,28,31H,1,5-6,20-21H2,2-4,7-17H3/t28-,31?,37-,38-,39+/m0/s1. The SMILES string of the molecule is C=C(C)C1=C(C)C[C@@]2(C)[C@H](C)[C@]3(C)C(=C(C)[C@@]2(C)C1=C)C(=C)c1c(ccc(C(C)(C)C)c1C)C3CC(C)(C)C. The fourth-order valence-corrected chi connectivity index (χ4v) is 9.71. The van der Waals surface area contributed by atoms with Gasteiger partial charge in [-0.05, 0) is 113 Å². The van der Waals surface area contributed by atoms with Gasteiger partial charge in [-0.15, -0.1) is 0 Å². The van der Waals surface area contributed by atoms with Crippen LogP contribution in [0.3, 0.4) is 0 Å². The van der Waals surface area contributed by atoms with Gasteiger partial charge in [0.25, 0.3) is 0 Å². The molecule has 0 spiro atoms. The minimum atomic E-state index is -0.155. The molecule has 39 heavy (non-hydrogen) atoms. The second kappa shape index (κ2) is 8.71. The quantitative estimate of drug-likeness (QED) is 0.361. The maximum absolute atomic E-state index is 4.95. The first kappa shape index (κ1) is 29.9. The molecule has 4 rings (SSSR count). The van der Waals surface area contributed by atoms with Gasteiger partial charge in [0.15, 0.2) is 0 Å². The van der Waals surface area contributed by atoms with Crippen molar-refractivity contribution in [3.05, 3.63) is 87.6 Å². The zero-order valence-corrected chi connectivity index (χ0v) is 27.8. The Kier molecular flexibility index (Phi) is 6.67. The van der Waals surface area contributed by atoms with Gasteiger partial charge >= 0.3 is 0 Å². The van der Waals surface area contributed by atoms with E-state index < -0.39 is 0 Å². The van der Waals surface area contributed by atoms with E-state index in [1.165, 1.54) is 55.7 Å². The van der Waals surface area contributed by atoms with Gasteiger partial charge in [-0.25, -0.2) is 0 Å². The monoisotopic (exact) mass is 524 g/mol. The van der Waals surface area contributed by atoms with Crippen molar-refractivity contribution in [3.8, 4) is 0 Å². The number of fused-ring (bicyclic) bond motifs is 3. The van der Waals surface area contributed by atoms with Gasteiger partial charge in [-0.1, -0.05) is 118 Å². The van der Waals surface area contributed by atoms with Gasteiger partial charge in [0, 0.05) is 10.8 Å². The normalized spacial score (nSPS) is 33.2. The maximum Gasteiger partial charge on any atom is 0.0196 e. The van der Waals surface area contributed by atoms with E-state index >= 15 is 0 Å². The zero-order chi connectivity index (χ0) is 29.8. The Bertz CT molecular complexity index is 1360. The van der Waals surface area contributed by atoms with E-state index in [1.54, 1.807) is 0 Å². The summed E-state index contributed by atoms with van der Waals surface area (Å²) in [4.78, 5) is 0. The lowest BCUT2D eigenvalue weighted by molar-refractivity contribution is -0.0337. The van der Waals surface area contributed by atoms with Crippen LogP contribution in [0.5, 0.6) is 0 Å². The van der Waals surface area contributed by atoms with Gasteiger partial charge in [-0.3, -0.25) is 0 Å². The Morgan fingerprint density at radius 3 is 2.03 bits per heavy atom. The van der Waals surface area contributed by atoms with Crippen molar-refractivity contribution in [1.29, 1.82) is 0 Å². The summed E-state index contributed by atoms with van der Waals surface area (Å²) in [7, 11) is 0. The summed E-state index contributed by atoms with van der Waals surface area (Å²) >= 11 is 0. The third-order valence-electron chi connectivity index (χ3n) is 11.9. The molecule has 0 aromatic heterocycles. The van der Waals surface area contributed by atoms with E-state index in [0.29, 0.717) is 11.8 Å². The zero-order valence-electron chi connectivity index (χ0n) is 27.8. The number of rotatable bonds is 2. The molecular weight excluding hydrogens is 468 g/mol. The predicted molar refractivity (Wildman–Crippen MR) is 173 cm³/mol. The first-order chi connectivity index (χ1) is 17.6. The Morgan fingerprint density at radius 1 is 0.974 bits per heavy atom. The molecule has 0 bridgehead atoms. The molecule has 0 amide bonds. The summed E-state index contributed by atoms with van der Waals surface area (Å²) in [5.41, 5.74) is 15.3.